The third kappa shape index (κ3) is 2.35. The Morgan fingerprint density at radius 2 is 1.89 bits per heavy atom. The van der Waals surface area contributed by atoms with Gasteiger partial charge >= 0.3 is 0 Å². The minimum absolute atomic E-state index is 0.316. The molecule has 2 unspecified atom stereocenters. The lowest BCUT2D eigenvalue weighted by molar-refractivity contribution is 0.269. The van der Waals surface area contributed by atoms with Crippen molar-refractivity contribution < 1.29 is 5.11 Å². The van der Waals surface area contributed by atoms with Gasteiger partial charge in [-0.15, -0.1) is 0 Å². The van der Waals surface area contributed by atoms with Gasteiger partial charge in [0.25, 0.3) is 0 Å². The lowest BCUT2D eigenvalue weighted by Gasteiger charge is -2.19. The van der Waals surface area contributed by atoms with E-state index in [4.69, 9.17) is 11.6 Å². The molecule has 2 aliphatic rings. The van der Waals surface area contributed by atoms with Crippen LogP contribution in [0.3, 0.4) is 0 Å². The first-order chi connectivity index (χ1) is 8.61. The number of rotatable bonds is 2. The second-order valence-corrected chi connectivity index (χ2v) is 6.14. The second-order valence-electron chi connectivity index (χ2n) is 5.71. The van der Waals surface area contributed by atoms with Crippen molar-refractivity contribution in [1.82, 2.24) is 9.80 Å². The van der Waals surface area contributed by atoms with Crippen LogP contribution in [0.4, 0.5) is 0 Å². The van der Waals surface area contributed by atoms with Crippen molar-refractivity contribution in [1.29, 1.82) is 0 Å². The molecule has 98 valence electrons. The van der Waals surface area contributed by atoms with Crippen LogP contribution in [-0.2, 0) is 6.54 Å². The number of benzene rings is 1. The smallest absolute Gasteiger partial charge is 0.121 e. The summed E-state index contributed by atoms with van der Waals surface area (Å²) >= 11 is 5.85. The Morgan fingerprint density at radius 1 is 1.22 bits per heavy atom. The lowest BCUT2D eigenvalue weighted by Crippen LogP contribution is -2.26. The average molecular weight is 267 g/mol. The van der Waals surface area contributed by atoms with Crippen LogP contribution in [0.25, 0.3) is 0 Å². The van der Waals surface area contributed by atoms with Crippen LogP contribution in [0.1, 0.15) is 5.56 Å². The molecule has 2 heterocycles. The number of nitrogens with zero attached hydrogens (tertiary/aromatic N) is 2. The molecule has 0 spiro atoms. The minimum Gasteiger partial charge on any atom is -0.508 e. The topological polar surface area (TPSA) is 26.7 Å². The van der Waals surface area contributed by atoms with E-state index >= 15 is 0 Å². The molecule has 2 saturated heterocycles. The van der Waals surface area contributed by atoms with Crippen molar-refractivity contribution in [3.63, 3.8) is 0 Å². The summed E-state index contributed by atoms with van der Waals surface area (Å²) in [7, 11) is 2.20. The first kappa shape index (κ1) is 12.3. The fraction of sp³-hybridized carbons (Fsp3) is 0.571. The van der Waals surface area contributed by atoms with E-state index in [1.807, 2.05) is 12.1 Å². The number of fused-ring (bicyclic) bond motifs is 1. The molecule has 4 heteroatoms. The molecule has 0 saturated carbocycles. The standard InChI is InChI=1S/C14H19ClN2O/c1-16-5-11-8-17(9-12(11)6-16)7-10-2-3-13(15)4-14(10)18/h2-4,11-12,18H,5-9H2,1H3. The fourth-order valence-corrected chi connectivity index (χ4v) is 3.53. The largest absolute Gasteiger partial charge is 0.508 e. The first-order valence-electron chi connectivity index (χ1n) is 6.50. The van der Waals surface area contributed by atoms with Gasteiger partial charge in [0.1, 0.15) is 5.75 Å². The van der Waals surface area contributed by atoms with Gasteiger partial charge in [0.05, 0.1) is 0 Å². The molecule has 3 nitrogen and oxygen atoms in total. The van der Waals surface area contributed by atoms with E-state index in [-0.39, 0.29) is 0 Å². The summed E-state index contributed by atoms with van der Waals surface area (Å²) in [5, 5.41) is 10.5. The van der Waals surface area contributed by atoms with Crippen LogP contribution in [0.2, 0.25) is 5.02 Å². The zero-order valence-electron chi connectivity index (χ0n) is 10.6. The highest BCUT2D eigenvalue weighted by molar-refractivity contribution is 6.30. The normalized spacial score (nSPS) is 28.8. The molecule has 0 bridgehead atoms. The van der Waals surface area contributed by atoms with Crippen molar-refractivity contribution in [2.24, 2.45) is 11.8 Å². The van der Waals surface area contributed by atoms with Gasteiger partial charge in [-0.25, -0.2) is 0 Å². The molecule has 1 N–H and O–H groups in total. The van der Waals surface area contributed by atoms with Crippen LogP contribution in [-0.4, -0.2) is 48.1 Å². The van der Waals surface area contributed by atoms with E-state index in [1.165, 1.54) is 13.1 Å². The Kier molecular flexibility index (Phi) is 3.22. The van der Waals surface area contributed by atoms with Crippen LogP contribution in [0, 0.1) is 11.8 Å². The quantitative estimate of drug-likeness (QED) is 0.888. The van der Waals surface area contributed by atoms with Gasteiger partial charge in [0.2, 0.25) is 0 Å². The summed E-state index contributed by atoms with van der Waals surface area (Å²) in [6.45, 7) is 5.56. The van der Waals surface area contributed by atoms with Crippen molar-refractivity contribution in [2.75, 3.05) is 33.2 Å². The Balaban J connectivity index is 1.65. The summed E-state index contributed by atoms with van der Waals surface area (Å²) in [5.41, 5.74) is 0.979. The summed E-state index contributed by atoms with van der Waals surface area (Å²) < 4.78 is 0. The molecule has 0 amide bonds. The molecule has 1 aromatic carbocycles. The monoisotopic (exact) mass is 266 g/mol. The molecule has 1 aromatic rings. The average Bonchev–Trinajstić information content (AvgIpc) is 2.79. The predicted octanol–water partition coefficient (Wildman–Crippen LogP) is 2.04. The minimum atomic E-state index is 0.316. The van der Waals surface area contributed by atoms with Crippen LogP contribution in [0.5, 0.6) is 5.75 Å². The fourth-order valence-electron chi connectivity index (χ4n) is 3.37. The lowest BCUT2D eigenvalue weighted by atomic mass is 10.0. The first-order valence-corrected chi connectivity index (χ1v) is 6.88. The molecule has 2 atom stereocenters. The second kappa shape index (κ2) is 4.72. The molecular formula is C14H19ClN2O. The van der Waals surface area contributed by atoms with Crippen LogP contribution < -0.4 is 0 Å². The molecule has 0 aliphatic carbocycles. The summed E-state index contributed by atoms with van der Waals surface area (Å²) in [4.78, 5) is 4.87. The zero-order valence-corrected chi connectivity index (χ0v) is 11.4. The van der Waals surface area contributed by atoms with Gasteiger partial charge in [0, 0.05) is 43.3 Å². The maximum absolute atomic E-state index is 9.88. The van der Waals surface area contributed by atoms with Crippen LogP contribution >= 0.6 is 11.6 Å². The highest BCUT2D eigenvalue weighted by atomic mass is 35.5. The Hall–Kier alpha value is -0.770. The van der Waals surface area contributed by atoms with Gasteiger partial charge in [0.15, 0.2) is 0 Å². The van der Waals surface area contributed by atoms with Gasteiger partial charge in [-0.2, -0.15) is 0 Å². The molecule has 3 rings (SSSR count). The third-order valence-electron chi connectivity index (χ3n) is 4.19. The van der Waals surface area contributed by atoms with E-state index in [9.17, 15) is 5.11 Å². The molecule has 18 heavy (non-hydrogen) atoms. The van der Waals surface area contributed by atoms with Crippen molar-refractivity contribution in [3.8, 4) is 5.75 Å². The van der Waals surface area contributed by atoms with Crippen molar-refractivity contribution in [3.05, 3.63) is 28.8 Å². The molecule has 0 aromatic heterocycles. The SMILES string of the molecule is CN1CC2CN(Cc3ccc(Cl)cc3O)CC2C1. The summed E-state index contributed by atoms with van der Waals surface area (Å²) in [6, 6.07) is 5.40. The maximum atomic E-state index is 9.88. The molecule has 2 fully saturated rings. The van der Waals surface area contributed by atoms with E-state index in [2.05, 4.69) is 16.8 Å². The maximum Gasteiger partial charge on any atom is 0.121 e. The van der Waals surface area contributed by atoms with Crippen molar-refractivity contribution in [2.45, 2.75) is 6.54 Å². The third-order valence-corrected chi connectivity index (χ3v) is 4.42. The van der Waals surface area contributed by atoms with Crippen molar-refractivity contribution >= 4 is 11.6 Å². The molecule has 2 aliphatic heterocycles. The van der Waals surface area contributed by atoms with Gasteiger partial charge < -0.3 is 10.0 Å². The Labute approximate surface area is 113 Å². The number of hydrogen-bond donors (Lipinski definition) is 1. The number of hydrogen-bond acceptors (Lipinski definition) is 3. The highest BCUT2D eigenvalue weighted by Gasteiger charge is 2.38. The number of phenolic OH excluding ortho intramolecular Hbond substituents is 1. The van der Waals surface area contributed by atoms with Gasteiger partial charge in [-0.05, 0) is 31.0 Å². The predicted molar refractivity (Wildman–Crippen MR) is 72.9 cm³/mol. The summed E-state index contributed by atoms with van der Waals surface area (Å²) in [5.74, 6) is 1.94. The Bertz CT molecular complexity index is 437. The Morgan fingerprint density at radius 3 is 2.50 bits per heavy atom. The van der Waals surface area contributed by atoms with E-state index < -0.39 is 0 Å². The van der Waals surface area contributed by atoms with E-state index in [1.54, 1.807) is 6.07 Å². The molecule has 0 radical (unpaired) electrons. The molecular weight excluding hydrogens is 248 g/mol. The summed E-state index contributed by atoms with van der Waals surface area (Å²) in [6.07, 6.45) is 0. The van der Waals surface area contributed by atoms with Gasteiger partial charge in [-0.1, -0.05) is 17.7 Å². The van der Waals surface area contributed by atoms with E-state index in [0.717, 1.165) is 37.0 Å². The van der Waals surface area contributed by atoms with Crippen LogP contribution in [0.15, 0.2) is 18.2 Å². The van der Waals surface area contributed by atoms with Gasteiger partial charge in [-0.3, -0.25) is 4.90 Å². The highest BCUT2D eigenvalue weighted by Crippen LogP contribution is 2.32. The number of halogens is 1. The number of likely N-dealkylation sites (tertiary alicyclic amines) is 2. The van der Waals surface area contributed by atoms with E-state index in [0.29, 0.717) is 10.8 Å². The number of aromatic hydroxyl groups is 1. The number of phenols is 1. The zero-order chi connectivity index (χ0) is 12.7.